The fraction of sp³-hybridized carbons (Fsp3) is 0.889. The summed E-state index contributed by atoms with van der Waals surface area (Å²) in [6.07, 6.45) is 2.62. The highest BCUT2D eigenvalue weighted by Gasteiger charge is 2.30. The third kappa shape index (κ3) is 3.12. The first kappa shape index (κ1) is 11.8. The summed E-state index contributed by atoms with van der Waals surface area (Å²) in [6, 6.07) is 0.262. The first-order valence-electron chi connectivity index (χ1n) is 4.95. The Hall–Kier alpha value is -0.320. The summed E-state index contributed by atoms with van der Waals surface area (Å²) >= 11 is 0. The Morgan fingerprint density at radius 2 is 2.21 bits per heavy atom. The van der Waals surface area contributed by atoms with E-state index in [0.717, 1.165) is 19.3 Å². The fourth-order valence-electron chi connectivity index (χ4n) is 1.67. The van der Waals surface area contributed by atoms with Gasteiger partial charge >= 0.3 is 0 Å². The number of halogens is 1. The lowest BCUT2D eigenvalue weighted by molar-refractivity contribution is -0.122. The highest BCUT2D eigenvalue weighted by atomic mass is 35.5. The minimum absolute atomic E-state index is 0. The zero-order valence-corrected chi connectivity index (χ0v) is 8.85. The van der Waals surface area contributed by atoms with E-state index in [1.165, 1.54) is 0 Å². The van der Waals surface area contributed by atoms with Gasteiger partial charge in [-0.3, -0.25) is 4.79 Å². The zero-order chi connectivity index (χ0) is 9.26. The summed E-state index contributed by atoms with van der Waals surface area (Å²) in [7, 11) is 0. The Bertz CT molecular complexity index is 209. The van der Waals surface area contributed by atoms with Crippen molar-refractivity contribution in [2.24, 2.45) is 5.92 Å². The molecule has 2 rings (SSSR count). The second kappa shape index (κ2) is 4.96. The number of β-amino-alcohol motifs (C(OH)–C–C–N with tert-alkyl or cyclic N) is 1. The van der Waals surface area contributed by atoms with Gasteiger partial charge in [-0.25, -0.2) is 0 Å². The average Bonchev–Trinajstić information content (AvgIpc) is 2.87. The highest BCUT2D eigenvalue weighted by Crippen LogP contribution is 2.28. The predicted octanol–water partition coefficient (Wildman–Crippen LogP) is -0.343. The van der Waals surface area contributed by atoms with Crippen LogP contribution in [0, 0.1) is 5.92 Å². The van der Waals surface area contributed by atoms with E-state index in [0.29, 0.717) is 13.1 Å². The van der Waals surface area contributed by atoms with Gasteiger partial charge in [-0.15, -0.1) is 12.4 Å². The van der Waals surface area contributed by atoms with Gasteiger partial charge in [-0.1, -0.05) is 0 Å². The number of amides is 1. The standard InChI is InChI=1S/C9H16N2O2.ClH/c12-8-3-7(10-5-8)4-11-9(13)6-1-2-6;/h6-8,10,12H,1-5H2,(H,11,13);1H/t7-,8+;/m0./s1. The van der Waals surface area contributed by atoms with Gasteiger partial charge in [-0.05, 0) is 19.3 Å². The number of rotatable bonds is 3. The molecular weight excluding hydrogens is 204 g/mol. The molecule has 3 N–H and O–H groups in total. The quantitative estimate of drug-likeness (QED) is 0.610. The van der Waals surface area contributed by atoms with Crippen LogP contribution in [-0.4, -0.2) is 36.2 Å². The van der Waals surface area contributed by atoms with E-state index in [-0.39, 0.29) is 36.4 Å². The van der Waals surface area contributed by atoms with Crippen LogP contribution in [0.1, 0.15) is 19.3 Å². The number of hydrogen-bond acceptors (Lipinski definition) is 3. The van der Waals surface area contributed by atoms with Gasteiger partial charge in [-0.2, -0.15) is 0 Å². The third-order valence-corrected chi connectivity index (χ3v) is 2.67. The molecular formula is C9H17ClN2O2. The first-order valence-corrected chi connectivity index (χ1v) is 4.95. The van der Waals surface area contributed by atoms with Crippen molar-refractivity contribution in [2.45, 2.75) is 31.4 Å². The van der Waals surface area contributed by atoms with Crippen molar-refractivity contribution in [3.05, 3.63) is 0 Å². The largest absolute Gasteiger partial charge is 0.392 e. The Morgan fingerprint density at radius 1 is 1.50 bits per heavy atom. The van der Waals surface area contributed by atoms with Crippen molar-refractivity contribution in [3.63, 3.8) is 0 Å². The Kier molecular flexibility index (Phi) is 4.16. The van der Waals surface area contributed by atoms with Crippen LogP contribution in [-0.2, 0) is 4.79 Å². The van der Waals surface area contributed by atoms with E-state index in [4.69, 9.17) is 0 Å². The van der Waals surface area contributed by atoms with Crippen molar-refractivity contribution < 1.29 is 9.90 Å². The van der Waals surface area contributed by atoms with Gasteiger partial charge in [0.05, 0.1) is 6.10 Å². The molecule has 2 atom stereocenters. The van der Waals surface area contributed by atoms with Crippen LogP contribution in [0.15, 0.2) is 0 Å². The average molecular weight is 221 g/mol. The number of carbonyl (C=O) groups is 1. The van der Waals surface area contributed by atoms with Gasteiger partial charge in [0, 0.05) is 25.0 Å². The van der Waals surface area contributed by atoms with Gasteiger partial charge < -0.3 is 15.7 Å². The van der Waals surface area contributed by atoms with Crippen molar-refractivity contribution in [1.29, 1.82) is 0 Å². The molecule has 0 radical (unpaired) electrons. The van der Waals surface area contributed by atoms with Crippen LogP contribution in [0.3, 0.4) is 0 Å². The van der Waals surface area contributed by atoms with Gasteiger partial charge in [0.1, 0.15) is 0 Å². The minimum Gasteiger partial charge on any atom is -0.392 e. The molecule has 0 unspecified atom stereocenters. The lowest BCUT2D eigenvalue weighted by atomic mass is 10.2. The molecule has 82 valence electrons. The summed E-state index contributed by atoms with van der Waals surface area (Å²) in [5, 5.41) is 15.3. The van der Waals surface area contributed by atoms with Crippen LogP contribution in [0.2, 0.25) is 0 Å². The SMILES string of the molecule is Cl.O=C(NC[C@@H]1C[C@@H](O)CN1)C1CC1. The second-order valence-corrected chi connectivity index (χ2v) is 4.01. The Labute approximate surface area is 89.9 Å². The summed E-state index contributed by atoms with van der Waals surface area (Å²) in [6.45, 7) is 1.32. The molecule has 1 amide bonds. The van der Waals surface area contributed by atoms with Crippen LogP contribution in [0.5, 0.6) is 0 Å². The molecule has 1 aliphatic heterocycles. The minimum atomic E-state index is -0.233. The topological polar surface area (TPSA) is 61.4 Å². The summed E-state index contributed by atoms with van der Waals surface area (Å²) in [5.41, 5.74) is 0. The lowest BCUT2D eigenvalue weighted by Crippen LogP contribution is -2.37. The molecule has 2 fully saturated rings. The second-order valence-electron chi connectivity index (χ2n) is 4.01. The fourth-order valence-corrected chi connectivity index (χ4v) is 1.67. The zero-order valence-electron chi connectivity index (χ0n) is 8.03. The van der Waals surface area contributed by atoms with E-state index in [1.807, 2.05) is 0 Å². The number of hydrogen-bond donors (Lipinski definition) is 3. The molecule has 2 aliphatic rings. The number of aliphatic hydroxyl groups is 1. The molecule has 0 aromatic heterocycles. The van der Waals surface area contributed by atoms with Crippen molar-refractivity contribution in [2.75, 3.05) is 13.1 Å². The monoisotopic (exact) mass is 220 g/mol. The van der Waals surface area contributed by atoms with E-state index < -0.39 is 0 Å². The molecule has 0 spiro atoms. The molecule has 1 saturated carbocycles. The van der Waals surface area contributed by atoms with E-state index >= 15 is 0 Å². The maximum absolute atomic E-state index is 11.2. The maximum Gasteiger partial charge on any atom is 0.223 e. The molecule has 0 bridgehead atoms. The number of aliphatic hydroxyl groups excluding tert-OH is 1. The van der Waals surface area contributed by atoms with Crippen LogP contribution in [0.25, 0.3) is 0 Å². The van der Waals surface area contributed by atoms with Gasteiger partial charge in [0.15, 0.2) is 0 Å². The molecule has 1 saturated heterocycles. The van der Waals surface area contributed by atoms with Crippen molar-refractivity contribution in [1.82, 2.24) is 10.6 Å². The smallest absolute Gasteiger partial charge is 0.223 e. The molecule has 4 nitrogen and oxygen atoms in total. The van der Waals surface area contributed by atoms with Crippen LogP contribution < -0.4 is 10.6 Å². The van der Waals surface area contributed by atoms with Gasteiger partial charge in [0.2, 0.25) is 5.91 Å². The number of carbonyl (C=O) groups excluding carboxylic acids is 1. The normalized spacial score (nSPS) is 30.9. The van der Waals surface area contributed by atoms with E-state index in [9.17, 15) is 9.90 Å². The third-order valence-electron chi connectivity index (χ3n) is 2.67. The summed E-state index contributed by atoms with van der Waals surface area (Å²) in [5.74, 6) is 0.467. The molecule has 1 heterocycles. The van der Waals surface area contributed by atoms with Gasteiger partial charge in [0.25, 0.3) is 0 Å². The Balaban J connectivity index is 0.000000980. The van der Waals surface area contributed by atoms with Crippen LogP contribution >= 0.6 is 12.4 Å². The summed E-state index contributed by atoms with van der Waals surface area (Å²) in [4.78, 5) is 11.2. The molecule has 0 aromatic carbocycles. The Morgan fingerprint density at radius 3 is 2.71 bits per heavy atom. The maximum atomic E-state index is 11.2. The van der Waals surface area contributed by atoms with E-state index in [2.05, 4.69) is 10.6 Å². The van der Waals surface area contributed by atoms with E-state index in [1.54, 1.807) is 0 Å². The molecule has 5 heteroatoms. The number of nitrogens with one attached hydrogen (secondary N) is 2. The molecule has 0 aromatic rings. The van der Waals surface area contributed by atoms with Crippen LogP contribution in [0.4, 0.5) is 0 Å². The summed E-state index contributed by atoms with van der Waals surface area (Å²) < 4.78 is 0. The molecule has 1 aliphatic carbocycles. The van der Waals surface area contributed by atoms with Crippen molar-refractivity contribution in [3.8, 4) is 0 Å². The first-order chi connectivity index (χ1) is 6.25. The lowest BCUT2D eigenvalue weighted by Gasteiger charge is -2.10. The van der Waals surface area contributed by atoms with Crippen molar-refractivity contribution >= 4 is 18.3 Å². The molecule has 14 heavy (non-hydrogen) atoms. The predicted molar refractivity (Wildman–Crippen MR) is 55.4 cm³/mol. The highest BCUT2D eigenvalue weighted by molar-refractivity contribution is 5.85.